The SMILES string of the molecule is CCNC(=O)N(C)C1(c2nnnn2-c2ccccc2)CCC(C)CC1. The molecule has 1 aliphatic rings. The van der Waals surface area contributed by atoms with Gasteiger partial charge in [-0.15, -0.1) is 5.10 Å². The summed E-state index contributed by atoms with van der Waals surface area (Å²) < 4.78 is 1.77. The second-order valence-corrected chi connectivity index (χ2v) is 6.86. The molecular formula is C18H26N6O. The number of aromatic nitrogens is 4. The number of amides is 2. The minimum Gasteiger partial charge on any atom is -0.338 e. The minimum atomic E-state index is -0.495. The van der Waals surface area contributed by atoms with E-state index in [0.29, 0.717) is 12.5 Å². The minimum absolute atomic E-state index is 0.0836. The Hall–Kier alpha value is -2.44. The first-order valence-electron chi connectivity index (χ1n) is 8.94. The van der Waals surface area contributed by atoms with E-state index in [2.05, 4.69) is 27.8 Å². The van der Waals surface area contributed by atoms with Crippen LogP contribution in [0.2, 0.25) is 0 Å². The Morgan fingerprint density at radius 1 is 1.32 bits per heavy atom. The number of nitrogens with one attached hydrogen (secondary N) is 1. The molecule has 25 heavy (non-hydrogen) atoms. The molecule has 0 bridgehead atoms. The van der Waals surface area contributed by atoms with Gasteiger partial charge in [-0.25, -0.2) is 4.79 Å². The zero-order chi connectivity index (χ0) is 17.9. The van der Waals surface area contributed by atoms with Crippen molar-refractivity contribution in [3.8, 4) is 5.69 Å². The third kappa shape index (κ3) is 3.23. The Morgan fingerprint density at radius 2 is 2.00 bits per heavy atom. The average Bonchev–Trinajstić information content (AvgIpc) is 3.13. The van der Waals surface area contributed by atoms with E-state index < -0.39 is 5.54 Å². The van der Waals surface area contributed by atoms with Gasteiger partial charge in [-0.3, -0.25) is 0 Å². The van der Waals surface area contributed by atoms with E-state index >= 15 is 0 Å². The van der Waals surface area contributed by atoms with Gasteiger partial charge >= 0.3 is 6.03 Å². The van der Waals surface area contributed by atoms with Gasteiger partial charge in [0.15, 0.2) is 5.82 Å². The molecule has 2 aromatic rings. The largest absolute Gasteiger partial charge is 0.338 e. The third-order valence-electron chi connectivity index (χ3n) is 5.26. The summed E-state index contributed by atoms with van der Waals surface area (Å²) in [5.74, 6) is 1.39. The van der Waals surface area contributed by atoms with Crippen LogP contribution in [0, 0.1) is 5.92 Å². The highest BCUT2D eigenvalue weighted by Crippen LogP contribution is 2.43. The molecule has 1 N–H and O–H groups in total. The van der Waals surface area contributed by atoms with Gasteiger partial charge in [0, 0.05) is 13.6 Å². The Labute approximate surface area is 148 Å². The molecule has 1 fully saturated rings. The van der Waals surface area contributed by atoms with Gasteiger partial charge in [0.05, 0.1) is 5.69 Å². The molecule has 0 unspecified atom stereocenters. The smallest absolute Gasteiger partial charge is 0.317 e. The number of carbonyl (C=O) groups is 1. The molecule has 1 aromatic carbocycles. The molecule has 0 aliphatic heterocycles. The summed E-state index contributed by atoms with van der Waals surface area (Å²) >= 11 is 0. The van der Waals surface area contributed by atoms with Gasteiger partial charge in [-0.2, -0.15) is 4.68 Å². The highest BCUT2D eigenvalue weighted by atomic mass is 16.2. The molecule has 0 radical (unpaired) electrons. The van der Waals surface area contributed by atoms with Crippen molar-refractivity contribution in [3.63, 3.8) is 0 Å². The molecule has 7 nitrogen and oxygen atoms in total. The summed E-state index contributed by atoms with van der Waals surface area (Å²) in [5, 5.41) is 15.4. The fourth-order valence-electron chi connectivity index (χ4n) is 3.63. The first kappa shape index (κ1) is 17.4. The summed E-state index contributed by atoms with van der Waals surface area (Å²) in [4.78, 5) is 14.4. The zero-order valence-corrected chi connectivity index (χ0v) is 15.1. The summed E-state index contributed by atoms with van der Waals surface area (Å²) in [5.41, 5.74) is 0.412. The van der Waals surface area contributed by atoms with Crippen molar-refractivity contribution in [2.45, 2.75) is 45.1 Å². The number of nitrogens with zero attached hydrogens (tertiary/aromatic N) is 5. The van der Waals surface area contributed by atoms with Gasteiger partial charge in [0.25, 0.3) is 0 Å². The molecule has 1 saturated carbocycles. The van der Waals surface area contributed by atoms with E-state index in [9.17, 15) is 4.79 Å². The Kier molecular flexibility index (Phi) is 5.01. The predicted molar refractivity (Wildman–Crippen MR) is 95.3 cm³/mol. The van der Waals surface area contributed by atoms with Gasteiger partial charge in [-0.1, -0.05) is 25.1 Å². The lowest BCUT2D eigenvalue weighted by atomic mass is 9.75. The second kappa shape index (κ2) is 7.21. The van der Waals surface area contributed by atoms with Crippen molar-refractivity contribution in [2.24, 2.45) is 5.92 Å². The van der Waals surface area contributed by atoms with Crippen LogP contribution in [-0.4, -0.2) is 44.7 Å². The molecule has 0 atom stereocenters. The summed E-state index contributed by atoms with van der Waals surface area (Å²) in [6.07, 6.45) is 3.81. The average molecular weight is 342 g/mol. The second-order valence-electron chi connectivity index (χ2n) is 6.86. The van der Waals surface area contributed by atoms with E-state index in [1.807, 2.05) is 44.3 Å². The molecule has 0 saturated heterocycles. The molecule has 0 spiro atoms. The number of carbonyl (C=O) groups excluding carboxylic acids is 1. The highest BCUT2D eigenvalue weighted by molar-refractivity contribution is 5.75. The van der Waals surface area contributed by atoms with E-state index in [-0.39, 0.29) is 6.03 Å². The highest BCUT2D eigenvalue weighted by Gasteiger charge is 2.46. The summed E-state index contributed by atoms with van der Waals surface area (Å²) in [6, 6.07) is 9.76. The maximum atomic E-state index is 12.6. The van der Waals surface area contributed by atoms with Crippen LogP contribution in [0.4, 0.5) is 4.79 Å². The molecule has 1 heterocycles. The molecule has 1 aliphatic carbocycles. The number of para-hydroxylation sites is 1. The summed E-state index contributed by atoms with van der Waals surface area (Å²) in [7, 11) is 1.85. The van der Waals surface area contributed by atoms with Gasteiger partial charge in [0.1, 0.15) is 5.54 Å². The van der Waals surface area contributed by atoms with Crippen LogP contribution in [-0.2, 0) is 5.54 Å². The molecule has 3 rings (SSSR count). The van der Waals surface area contributed by atoms with Gasteiger partial charge < -0.3 is 10.2 Å². The quantitative estimate of drug-likeness (QED) is 0.927. The number of urea groups is 1. The van der Waals surface area contributed by atoms with Crippen LogP contribution in [0.5, 0.6) is 0 Å². The van der Waals surface area contributed by atoms with Crippen LogP contribution in [0.15, 0.2) is 30.3 Å². The van der Waals surface area contributed by atoms with Crippen molar-refractivity contribution in [1.29, 1.82) is 0 Å². The van der Waals surface area contributed by atoms with Crippen LogP contribution < -0.4 is 5.32 Å². The molecule has 134 valence electrons. The lowest BCUT2D eigenvalue weighted by Gasteiger charge is -2.44. The fourth-order valence-corrected chi connectivity index (χ4v) is 3.63. The standard InChI is InChI=1S/C18H26N6O/c1-4-19-17(25)23(3)18(12-10-14(2)11-13-18)16-20-21-22-24(16)15-8-6-5-7-9-15/h5-9,14H,4,10-13H2,1-3H3,(H,19,25). The van der Waals surface area contributed by atoms with Crippen LogP contribution in [0.25, 0.3) is 5.69 Å². The Balaban J connectivity index is 2.05. The topological polar surface area (TPSA) is 75.9 Å². The lowest BCUT2D eigenvalue weighted by molar-refractivity contribution is 0.0726. The van der Waals surface area contributed by atoms with Crippen molar-refractivity contribution in [2.75, 3.05) is 13.6 Å². The zero-order valence-electron chi connectivity index (χ0n) is 15.1. The van der Waals surface area contributed by atoms with Crippen molar-refractivity contribution >= 4 is 6.03 Å². The maximum Gasteiger partial charge on any atom is 0.317 e. The molecule has 1 aromatic heterocycles. The first-order valence-corrected chi connectivity index (χ1v) is 8.94. The van der Waals surface area contributed by atoms with Gasteiger partial charge in [0.2, 0.25) is 0 Å². The van der Waals surface area contributed by atoms with Crippen molar-refractivity contribution in [3.05, 3.63) is 36.2 Å². The Bertz CT molecular complexity index is 705. The summed E-state index contributed by atoms with van der Waals surface area (Å²) in [6.45, 7) is 4.78. The number of rotatable bonds is 4. The predicted octanol–water partition coefficient (Wildman–Crippen LogP) is 2.73. The number of tetrazole rings is 1. The molecule has 7 heteroatoms. The fraction of sp³-hybridized carbons (Fsp3) is 0.556. The van der Waals surface area contributed by atoms with E-state index in [4.69, 9.17) is 0 Å². The number of hydrogen-bond acceptors (Lipinski definition) is 4. The van der Waals surface area contributed by atoms with E-state index in [0.717, 1.165) is 37.2 Å². The van der Waals surface area contributed by atoms with Crippen molar-refractivity contribution in [1.82, 2.24) is 30.4 Å². The number of benzene rings is 1. The normalized spacial score (nSPS) is 23.2. The van der Waals surface area contributed by atoms with Crippen molar-refractivity contribution < 1.29 is 4.79 Å². The van der Waals surface area contributed by atoms with Crippen LogP contribution in [0.1, 0.15) is 45.4 Å². The first-order chi connectivity index (χ1) is 12.1. The Morgan fingerprint density at radius 3 is 2.64 bits per heavy atom. The van der Waals surface area contributed by atoms with Gasteiger partial charge in [-0.05, 0) is 61.1 Å². The molecular weight excluding hydrogens is 316 g/mol. The van der Waals surface area contributed by atoms with Crippen LogP contribution >= 0.6 is 0 Å². The lowest BCUT2D eigenvalue weighted by Crippen LogP contribution is -2.53. The van der Waals surface area contributed by atoms with E-state index in [1.54, 1.807) is 9.58 Å². The van der Waals surface area contributed by atoms with Crippen LogP contribution in [0.3, 0.4) is 0 Å². The maximum absolute atomic E-state index is 12.6. The number of hydrogen-bond donors (Lipinski definition) is 1. The molecule has 2 amide bonds. The third-order valence-corrected chi connectivity index (χ3v) is 5.26. The van der Waals surface area contributed by atoms with E-state index in [1.165, 1.54) is 0 Å². The monoisotopic (exact) mass is 342 g/mol.